The van der Waals surface area contributed by atoms with E-state index < -0.39 is 0 Å². The second-order valence-corrected chi connectivity index (χ2v) is 2.60. The Morgan fingerprint density at radius 2 is 1.50 bits per heavy atom. The monoisotopic (exact) mass is 118 g/mol. The second kappa shape index (κ2) is 2.22. The summed E-state index contributed by atoms with van der Waals surface area (Å²) in [4.78, 5) is 0. The van der Waals surface area contributed by atoms with Crippen LogP contribution < -0.4 is 0 Å². The molecule has 34 valence electrons. The summed E-state index contributed by atoms with van der Waals surface area (Å²) in [5.74, 6) is 0. The summed E-state index contributed by atoms with van der Waals surface area (Å²) < 4.78 is 5.00. The normalized spacial score (nSPS) is 11.7. The quantitative estimate of drug-likeness (QED) is 0.465. The van der Waals surface area contributed by atoms with Crippen molar-refractivity contribution in [2.24, 2.45) is 0 Å². The van der Waals surface area contributed by atoms with Crippen molar-refractivity contribution in [1.29, 1.82) is 0 Å². The van der Waals surface area contributed by atoms with Crippen LogP contribution in [0.15, 0.2) is 0 Å². The van der Waals surface area contributed by atoms with Crippen molar-refractivity contribution in [3.63, 3.8) is 0 Å². The van der Waals surface area contributed by atoms with Crippen LogP contribution in [0.25, 0.3) is 0 Å². The van der Waals surface area contributed by atoms with Crippen molar-refractivity contribution in [1.82, 2.24) is 0 Å². The molecule has 0 atom stereocenters. The summed E-state index contributed by atoms with van der Waals surface area (Å²) in [6.07, 6.45) is 0. The van der Waals surface area contributed by atoms with Gasteiger partial charge in [-0.3, -0.25) is 0 Å². The molecule has 0 aliphatic carbocycles. The van der Waals surface area contributed by atoms with Crippen LogP contribution in [0.4, 0.5) is 0 Å². The van der Waals surface area contributed by atoms with Crippen LogP contribution in [0.1, 0.15) is 20.8 Å². The summed E-state index contributed by atoms with van der Waals surface area (Å²) >= 11 is 1.32. The molecule has 0 amide bonds. The Bertz CT molecular complexity index is 37.3. The zero-order valence-electron chi connectivity index (χ0n) is 4.49. The van der Waals surface area contributed by atoms with Crippen molar-refractivity contribution in [2.75, 3.05) is 0 Å². The first kappa shape index (κ1) is 6.83. The minimum absolute atomic E-state index is 0.0694. The fraction of sp³-hybridized carbons (Fsp3) is 1.00. The van der Waals surface area contributed by atoms with Gasteiger partial charge in [-0.25, -0.2) is 0 Å². The molecule has 0 rings (SSSR count). The van der Waals surface area contributed by atoms with E-state index in [2.05, 4.69) is 0 Å². The molecule has 0 spiro atoms. The van der Waals surface area contributed by atoms with Gasteiger partial charge in [0, 0.05) is 0 Å². The van der Waals surface area contributed by atoms with Crippen LogP contribution in [-0.4, -0.2) is 5.60 Å². The molecule has 2 heteroatoms. The fourth-order valence-corrected chi connectivity index (χ4v) is 0. The molecular weight excluding hydrogens is 109 g/mol. The van der Waals surface area contributed by atoms with Gasteiger partial charge in [0.2, 0.25) is 0 Å². The van der Waals surface area contributed by atoms with Crippen molar-refractivity contribution < 1.29 is 27.7 Å². The first-order valence-electron chi connectivity index (χ1n) is 1.94. The van der Waals surface area contributed by atoms with Gasteiger partial charge in [0.15, 0.2) is 0 Å². The molecule has 0 unspecified atom stereocenters. The van der Waals surface area contributed by atoms with E-state index in [0.29, 0.717) is 0 Å². The van der Waals surface area contributed by atoms with Gasteiger partial charge in [-0.2, -0.15) is 0 Å². The summed E-state index contributed by atoms with van der Waals surface area (Å²) in [5, 5.41) is 0. The van der Waals surface area contributed by atoms with E-state index in [1.54, 1.807) is 0 Å². The van der Waals surface area contributed by atoms with E-state index in [-0.39, 0.29) is 5.60 Å². The van der Waals surface area contributed by atoms with Gasteiger partial charge >= 0.3 is 54.0 Å². The third-order valence-electron chi connectivity index (χ3n) is 0.354. The SMILES string of the molecule is CC(C)(C)[O][Sc]. The average Bonchev–Trinajstić information content (AvgIpc) is 1.35. The first-order valence-corrected chi connectivity index (χ1v) is 2.68. The zero-order chi connectivity index (χ0) is 5.21. The van der Waals surface area contributed by atoms with Gasteiger partial charge in [-0.05, 0) is 0 Å². The van der Waals surface area contributed by atoms with E-state index in [4.69, 9.17) is 2.85 Å². The van der Waals surface area contributed by atoms with Crippen LogP contribution in [0, 0.1) is 0 Å². The van der Waals surface area contributed by atoms with Gasteiger partial charge < -0.3 is 0 Å². The van der Waals surface area contributed by atoms with E-state index in [1.807, 2.05) is 20.8 Å². The maximum atomic E-state index is 5.00. The van der Waals surface area contributed by atoms with E-state index in [9.17, 15) is 0 Å². The molecule has 0 radical (unpaired) electrons. The third-order valence-corrected chi connectivity index (χ3v) is 1.46. The number of hydrogen-bond donors (Lipinski definition) is 0. The van der Waals surface area contributed by atoms with Gasteiger partial charge in [0.25, 0.3) is 0 Å². The predicted octanol–water partition coefficient (Wildman–Crippen LogP) is 1.26. The third kappa shape index (κ3) is 4.83. The van der Waals surface area contributed by atoms with Crippen molar-refractivity contribution in [2.45, 2.75) is 26.4 Å². The molecule has 0 aromatic rings. The number of rotatable bonds is 0. The molecule has 0 aliphatic heterocycles. The van der Waals surface area contributed by atoms with Gasteiger partial charge in [-0.1, -0.05) is 0 Å². The molecule has 0 saturated heterocycles. The fourth-order valence-electron chi connectivity index (χ4n) is 0. The molecule has 0 bridgehead atoms. The molecule has 0 aromatic heterocycles. The van der Waals surface area contributed by atoms with Crippen LogP contribution in [0.5, 0.6) is 0 Å². The predicted molar refractivity (Wildman–Crippen MR) is 20.8 cm³/mol. The van der Waals surface area contributed by atoms with Crippen molar-refractivity contribution in [3.05, 3.63) is 0 Å². The van der Waals surface area contributed by atoms with E-state index >= 15 is 0 Å². The Morgan fingerprint density at radius 3 is 1.50 bits per heavy atom. The maximum absolute atomic E-state index is 5.00. The zero-order valence-corrected chi connectivity index (χ0v) is 6.29. The van der Waals surface area contributed by atoms with Crippen molar-refractivity contribution >= 4 is 0 Å². The summed E-state index contributed by atoms with van der Waals surface area (Å²) in [5.41, 5.74) is 0.0694. The molecule has 0 aromatic carbocycles. The standard InChI is InChI=1S/C4H9O.Sc/c1-4(2,3)5;/h1-3H3;/q-1;+1. The molecule has 0 N–H and O–H groups in total. The van der Waals surface area contributed by atoms with Crippen LogP contribution in [0.3, 0.4) is 0 Å². The van der Waals surface area contributed by atoms with Crippen LogP contribution >= 0.6 is 0 Å². The topological polar surface area (TPSA) is 9.23 Å². The minimum atomic E-state index is 0.0694. The second-order valence-electron chi connectivity index (χ2n) is 2.23. The molecule has 0 aliphatic rings. The summed E-state index contributed by atoms with van der Waals surface area (Å²) in [6.45, 7) is 6.11. The Kier molecular flexibility index (Phi) is 2.53. The van der Waals surface area contributed by atoms with Gasteiger partial charge in [-0.15, -0.1) is 0 Å². The van der Waals surface area contributed by atoms with Gasteiger partial charge in [0.1, 0.15) is 0 Å². The molecule has 1 nitrogen and oxygen atoms in total. The van der Waals surface area contributed by atoms with Gasteiger partial charge in [0.05, 0.1) is 0 Å². The number of hydrogen-bond acceptors (Lipinski definition) is 1. The first-order chi connectivity index (χ1) is 2.56. The molecule has 0 saturated carbocycles. The van der Waals surface area contributed by atoms with Crippen molar-refractivity contribution in [3.8, 4) is 0 Å². The summed E-state index contributed by atoms with van der Waals surface area (Å²) in [7, 11) is 0. The Labute approximate surface area is 54.3 Å². The van der Waals surface area contributed by atoms with Crippen LogP contribution in [-0.2, 0) is 27.7 Å². The molecule has 0 heterocycles. The van der Waals surface area contributed by atoms with E-state index in [0.717, 1.165) is 0 Å². The molecule has 0 fully saturated rings. The molecule has 6 heavy (non-hydrogen) atoms. The summed E-state index contributed by atoms with van der Waals surface area (Å²) in [6, 6.07) is 0. The molecular formula is C4H9OSc. The Hall–Kier alpha value is 0.830. The average molecular weight is 118 g/mol. The Balaban J connectivity index is 3.17. The Morgan fingerprint density at radius 1 is 1.33 bits per heavy atom. The van der Waals surface area contributed by atoms with E-state index in [1.165, 1.54) is 24.8 Å². The van der Waals surface area contributed by atoms with Crippen LogP contribution in [0.2, 0.25) is 0 Å².